The van der Waals surface area contributed by atoms with Gasteiger partial charge < -0.3 is 20.0 Å². The topological polar surface area (TPSA) is 87.0 Å². The Morgan fingerprint density at radius 2 is 2.00 bits per heavy atom. The predicted octanol–water partition coefficient (Wildman–Crippen LogP) is 1.73. The lowest BCUT2D eigenvalue weighted by atomic mass is 10.2. The number of ether oxygens (including phenoxy) is 1. The first-order valence-electron chi connectivity index (χ1n) is 6.51. The Labute approximate surface area is 121 Å². The Kier molecular flexibility index (Phi) is 4.03. The van der Waals surface area contributed by atoms with Crippen LogP contribution in [0.2, 0.25) is 0 Å². The van der Waals surface area contributed by atoms with Gasteiger partial charge in [-0.3, -0.25) is 0 Å². The zero-order chi connectivity index (χ0) is 15.5. The summed E-state index contributed by atoms with van der Waals surface area (Å²) in [6.45, 7) is 5.58. The van der Waals surface area contributed by atoms with Crippen molar-refractivity contribution >= 4 is 17.1 Å². The van der Waals surface area contributed by atoms with Gasteiger partial charge in [0.25, 0.3) is 0 Å². The molecule has 0 saturated heterocycles. The number of rotatable bonds is 1. The summed E-state index contributed by atoms with van der Waals surface area (Å²) in [6.07, 6.45) is -0.498. The molecule has 0 aliphatic rings. The van der Waals surface area contributed by atoms with Crippen LogP contribution in [0.5, 0.6) is 0 Å². The van der Waals surface area contributed by atoms with Gasteiger partial charge in [-0.25, -0.2) is 9.59 Å². The fourth-order valence-corrected chi connectivity index (χ4v) is 1.69. The maximum Gasteiger partial charge on any atom is 0.408 e. The summed E-state index contributed by atoms with van der Waals surface area (Å²) in [4.78, 5) is 27.9. The van der Waals surface area contributed by atoms with Crippen molar-refractivity contribution in [3.8, 4) is 11.8 Å². The molecule has 0 aliphatic carbocycles. The molecule has 6 heteroatoms. The maximum absolute atomic E-state index is 11.4. The largest absolute Gasteiger partial charge is 0.444 e. The molecule has 2 aromatic rings. The number of imidazole rings is 1. The summed E-state index contributed by atoms with van der Waals surface area (Å²) in [5.41, 5.74) is 1.41. The summed E-state index contributed by atoms with van der Waals surface area (Å²) in [5, 5.41) is 2.55. The summed E-state index contributed by atoms with van der Waals surface area (Å²) >= 11 is 0. The molecule has 0 atom stereocenters. The van der Waals surface area contributed by atoms with E-state index >= 15 is 0 Å². The Morgan fingerprint density at radius 3 is 2.71 bits per heavy atom. The van der Waals surface area contributed by atoms with Gasteiger partial charge in [-0.1, -0.05) is 11.8 Å². The lowest BCUT2D eigenvalue weighted by Crippen LogP contribution is -2.32. The van der Waals surface area contributed by atoms with Crippen LogP contribution in [0, 0.1) is 11.8 Å². The molecule has 1 aromatic heterocycles. The number of aromatic amines is 2. The lowest BCUT2D eigenvalue weighted by molar-refractivity contribution is 0.0535. The van der Waals surface area contributed by atoms with E-state index in [1.54, 1.807) is 39.0 Å². The summed E-state index contributed by atoms with van der Waals surface area (Å²) in [7, 11) is 0. The maximum atomic E-state index is 11.4. The minimum atomic E-state index is -0.525. The van der Waals surface area contributed by atoms with Crippen molar-refractivity contribution in [2.24, 2.45) is 0 Å². The number of carbonyl (C=O) groups is 1. The highest BCUT2D eigenvalue weighted by Crippen LogP contribution is 2.09. The second-order valence-corrected chi connectivity index (χ2v) is 5.50. The molecule has 3 N–H and O–H groups in total. The van der Waals surface area contributed by atoms with Gasteiger partial charge in [0.05, 0.1) is 17.6 Å². The number of carbonyl (C=O) groups excluding carboxylic acids is 1. The van der Waals surface area contributed by atoms with Gasteiger partial charge >= 0.3 is 11.8 Å². The van der Waals surface area contributed by atoms with Gasteiger partial charge in [-0.05, 0) is 39.0 Å². The Bertz CT molecular complexity index is 769. The molecule has 1 aromatic carbocycles. The molecular formula is C15H17N3O3. The van der Waals surface area contributed by atoms with Gasteiger partial charge in [0.2, 0.25) is 0 Å². The number of hydrogen-bond acceptors (Lipinski definition) is 3. The van der Waals surface area contributed by atoms with E-state index < -0.39 is 11.7 Å². The zero-order valence-electron chi connectivity index (χ0n) is 12.2. The predicted molar refractivity (Wildman–Crippen MR) is 80.0 cm³/mol. The average Bonchev–Trinajstić information content (AvgIpc) is 2.71. The fraction of sp³-hybridized carbons (Fsp3) is 0.333. The molecule has 0 fully saturated rings. The van der Waals surface area contributed by atoms with Crippen LogP contribution in [0.1, 0.15) is 26.3 Å². The zero-order valence-corrected chi connectivity index (χ0v) is 12.2. The van der Waals surface area contributed by atoms with E-state index in [1.165, 1.54) is 0 Å². The van der Waals surface area contributed by atoms with Crippen molar-refractivity contribution < 1.29 is 9.53 Å². The molecule has 0 saturated carbocycles. The molecule has 2 rings (SSSR count). The third-order valence-electron chi connectivity index (χ3n) is 2.47. The average molecular weight is 287 g/mol. The Morgan fingerprint density at radius 1 is 1.29 bits per heavy atom. The second kappa shape index (κ2) is 5.75. The molecule has 0 spiro atoms. The SMILES string of the molecule is CC(C)(C)OC(=O)NCC#Cc1ccc2[nH]c(=O)[nH]c2c1. The number of amides is 1. The van der Waals surface area contributed by atoms with E-state index in [2.05, 4.69) is 27.1 Å². The summed E-state index contributed by atoms with van der Waals surface area (Å²) in [6, 6.07) is 5.35. The van der Waals surface area contributed by atoms with Crippen LogP contribution in [0.3, 0.4) is 0 Å². The smallest absolute Gasteiger partial charge is 0.408 e. The molecule has 6 nitrogen and oxygen atoms in total. The van der Waals surface area contributed by atoms with Gasteiger partial charge in [0.1, 0.15) is 5.60 Å². The first-order chi connectivity index (χ1) is 9.83. The normalized spacial score (nSPS) is 10.8. The quantitative estimate of drug-likeness (QED) is 0.698. The summed E-state index contributed by atoms with van der Waals surface area (Å²) < 4.78 is 5.09. The highest BCUT2D eigenvalue weighted by atomic mass is 16.6. The van der Waals surface area contributed by atoms with E-state index in [1.807, 2.05) is 0 Å². The van der Waals surface area contributed by atoms with Crippen LogP contribution in [0.4, 0.5) is 4.79 Å². The number of hydrogen-bond donors (Lipinski definition) is 3. The van der Waals surface area contributed by atoms with Crippen LogP contribution in [0.15, 0.2) is 23.0 Å². The van der Waals surface area contributed by atoms with Gasteiger partial charge in [-0.2, -0.15) is 0 Å². The van der Waals surface area contributed by atoms with E-state index in [0.29, 0.717) is 5.52 Å². The minimum Gasteiger partial charge on any atom is -0.444 e. The first-order valence-corrected chi connectivity index (χ1v) is 6.51. The molecule has 1 amide bonds. The van der Waals surface area contributed by atoms with Gasteiger partial charge in [0.15, 0.2) is 0 Å². The Hall–Kier alpha value is -2.68. The van der Waals surface area contributed by atoms with Crippen molar-refractivity contribution in [2.75, 3.05) is 6.54 Å². The highest BCUT2D eigenvalue weighted by Gasteiger charge is 2.14. The van der Waals surface area contributed by atoms with Crippen LogP contribution >= 0.6 is 0 Å². The molecule has 1 heterocycles. The molecule has 0 radical (unpaired) electrons. The first kappa shape index (κ1) is 14.7. The third kappa shape index (κ3) is 4.42. The molecule has 110 valence electrons. The number of fused-ring (bicyclic) bond motifs is 1. The number of alkyl carbamates (subject to hydrolysis) is 1. The van der Waals surface area contributed by atoms with Crippen molar-refractivity contribution in [3.05, 3.63) is 34.2 Å². The fourth-order valence-electron chi connectivity index (χ4n) is 1.69. The third-order valence-corrected chi connectivity index (χ3v) is 2.47. The molecule has 0 unspecified atom stereocenters. The second-order valence-electron chi connectivity index (χ2n) is 5.50. The van der Waals surface area contributed by atoms with Crippen LogP contribution in [-0.4, -0.2) is 28.2 Å². The van der Waals surface area contributed by atoms with Crippen LogP contribution in [0.25, 0.3) is 11.0 Å². The van der Waals surface area contributed by atoms with Crippen LogP contribution in [-0.2, 0) is 4.74 Å². The van der Waals surface area contributed by atoms with E-state index in [0.717, 1.165) is 11.1 Å². The number of benzene rings is 1. The van der Waals surface area contributed by atoms with Gasteiger partial charge in [-0.15, -0.1) is 0 Å². The van der Waals surface area contributed by atoms with Crippen molar-refractivity contribution in [1.82, 2.24) is 15.3 Å². The molecule has 21 heavy (non-hydrogen) atoms. The van der Waals surface area contributed by atoms with E-state index in [-0.39, 0.29) is 12.2 Å². The van der Waals surface area contributed by atoms with Gasteiger partial charge in [0, 0.05) is 5.56 Å². The highest BCUT2D eigenvalue weighted by molar-refractivity contribution is 5.76. The molecule has 0 bridgehead atoms. The van der Waals surface area contributed by atoms with Crippen molar-refractivity contribution in [2.45, 2.75) is 26.4 Å². The van der Waals surface area contributed by atoms with Crippen LogP contribution < -0.4 is 11.0 Å². The number of H-pyrrole nitrogens is 2. The monoisotopic (exact) mass is 287 g/mol. The lowest BCUT2D eigenvalue weighted by Gasteiger charge is -2.18. The van der Waals surface area contributed by atoms with Crippen molar-refractivity contribution in [1.29, 1.82) is 0 Å². The summed E-state index contributed by atoms with van der Waals surface area (Å²) in [5.74, 6) is 5.73. The molecule has 0 aliphatic heterocycles. The Balaban J connectivity index is 1.95. The van der Waals surface area contributed by atoms with Crippen molar-refractivity contribution in [3.63, 3.8) is 0 Å². The minimum absolute atomic E-state index is 0.191. The standard InChI is InChI=1S/C15H17N3O3/c1-15(2,3)21-14(20)16-8-4-5-10-6-7-11-12(9-10)18-13(19)17-11/h6-7,9H,8H2,1-3H3,(H,16,20)(H2,17,18,19). The molecular weight excluding hydrogens is 270 g/mol. The number of nitrogens with one attached hydrogen (secondary N) is 3. The number of aromatic nitrogens is 2. The van der Waals surface area contributed by atoms with E-state index in [9.17, 15) is 9.59 Å². The van der Waals surface area contributed by atoms with E-state index in [4.69, 9.17) is 4.74 Å².